The van der Waals surface area contributed by atoms with Crippen LogP contribution in [-0.4, -0.2) is 19.7 Å². The Morgan fingerprint density at radius 3 is 2.84 bits per heavy atom. The molecule has 0 amide bonds. The Morgan fingerprint density at radius 2 is 2.05 bits per heavy atom. The van der Waals surface area contributed by atoms with Crippen molar-refractivity contribution >= 4 is 23.3 Å². The van der Waals surface area contributed by atoms with Gasteiger partial charge in [-0.15, -0.1) is 0 Å². The highest BCUT2D eigenvalue weighted by molar-refractivity contribution is 7.71. The molecular weight excluding hydrogens is 260 g/mol. The van der Waals surface area contributed by atoms with Gasteiger partial charge in [0.1, 0.15) is 11.0 Å². The molecule has 0 aliphatic carbocycles. The van der Waals surface area contributed by atoms with Gasteiger partial charge in [-0.2, -0.15) is 5.10 Å². The summed E-state index contributed by atoms with van der Waals surface area (Å²) in [7, 11) is 0. The maximum Gasteiger partial charge on any atom is 0.262 e. The normalized spacial score (nSPS) is 11.1. The Kier molecular flexibility index (Phi) is 2.60. The van der Waals surface area contributed by atoms with Gasteiger partial charge in [-0.25, -0.2) is 4.68 Å². The monoisotopic (exact) mass is 272 g/mol. The van der Waals surface area contributed by atoms with E-state index in [9.17, 15) is 4.79 Å². The molecule has 2 aromatic heterocycles. The van der Waals surface area contributed by atoms with Crippen molar-refractivity contribution in [3.05, 3.63) is 50.6 Å². The molecule has 6 heteroatoms. The number of hydrogen-bond donors (Lipinski definition) is 2. The first-order valence-electron chi connectivity index (χ1n) is 5.85. The lowest BCUT2D eigenvalue weighted by atomic mass is 10.1. The topological polar surface area (TPSA) is 66.5 Å². The SMILES string of the molecule is Cc1cccc(-n2ncc3c(=O)[nH]c(=S)[nH]c32)c1C. The molecule has 3 rings (SSSR count). The van der Waals surface area contributed by atoms with E-state index in [2.05, 4.69) is 15.1 Å². The minimum Gasteiger partial charge on any atom is -0.316 e. The summed E-state index contributed by atoms with van der Waals surface area (Å²) in [5, 5.41) is 4.78. The van der Waals surface area contributed by atoms with Gasteiger partial charge in [0.05, 0.1) is 11.9 Å². The van der Waals surface area contributed by atoms with Crippen LogP contribution in [-0.2, 0) is 0 Å². The van der Waals surface area contributed by atoms with E-state index in [1.807, 2.05) is 32.0 Å². The summed E-state index contributed by atoms with van der Waals surface area (Å²) in [6.07, 6.45) is 1.54. The summed E-state index contributed by atoms with van der Waals surface area (Å²) >= 11 is 5.01. The van der Waals surface area contributed by atoms with Crippen LogP contribution in [0, 0.1) is 18.6 Å². The highest BCUT2D eigenvalue weighted by Crippen LogP contribution is 2.19. The first-order chi connectivity index (χ1) is 9.08. The molecule has 19 heavy (non-hydrogen) atoms. The van der Waals surface area contributed by atoms with Crippen LogP contribution in [0.1, 0.15) is 11.1 Å². The fourth-order valence-corrected chi connectivity index (χ4v) is 2.28. The highest BCUT2D eigenvalue weighted by Gasteiger charge is 2.10. The molecule has 0 aliphatic heterocycles. The van der Waals surface area contributed by atoms with Gasteiger partial charge in [-0.3, -0.25) is 9.78 Å². The zero-order valence-electron chi connectivity index (χ0n) is 10.5. The Morgan fingerprint density at radius 1 is 1.26 bits per heavy atom. The Balaban J connectivity index is 2.41. The minimum absolute atomic E-state index is 0.227. The van der Waals surface area contributed by atoms with Crippen molar-refractivity contribution < 1.29 is 0 Å². The molecule has 0 spiro atoms. The molecule has 0 atom stereocenters. The molecule has 0 saturated heterocycles. The molecule has 0 radical (unpaired) electrons. The van der Waals surface area contributed by atoms with Gasteiger partial charge in [0.2, 0.25) is 0 Å². The van der Waals surface area contributed by atoms with Crippen LogP contribution < -0.4 is 5.56 Å². The summed E-state index contributed by atoms with van der Waals surface area (Å²) in [5.74, 6) is 0. The number of H-pyrrole nitrogens is 2. The lowest BCUT2D eigenvalue weighted by Gasteiger charge is -2.09. The van der Waals surface area contributed by atoms with E-state index in [-0.39, 0.29) is 5.56 Å². The van der Waals surface area contributed by atoms with Gasteiger partial charge >= 0.3 is 0 Å². The first-order valence-corrected chi connectivity index (χ1v) is 6.25. The van der Waals surface area contributed by atoms with Crippen molar-refractivity contribution in [3.63, 3.8) is 0 Å². The van der Waals surface area contributed by atoms with Gasteiger partial charge in [0.25, 0.3) is 5.56 Å². The second-order valence-electron chi connectivity index (χ2n) is 4.45. The molecule has 2 N–H and O–H groups in total. The Hall–Kier alpha value is -2.21. The molecule has 2 heterocycles. The van der Waals surface area contributed by atoms with Crippen molar-refractivity contribution in [2.75, 3.05) is 0 Å². The number of nitrogens with one attached hydrogen (secondary N) is 2. The van der Waals surface area contributed by atoms with Crippen molar-refractivity contribution in [3.8, 4) is 5.69 Å². The summed E-state index contributed by atoms with van der Waals surface area (Å²) < 4.78 is 2.01. The molecule has 3 aromatic rings. The standard InChI is InChI=1S/C13H12N4OS/c1-7-4-3-5-10(8(7)2)17-11-9(6-14-17)12(18)16-13(19)15-11/h3-6H,1-2H3,(H2,15,16,18,19). The van der Waals surface area contributed by atoms with Crippen molar-refractivity contribution in [1.29, 1.82) is 0 Å². The predicted octanol–water partition coefficient (Wildman–Crippen LogP) is 2.39. The minimum atomic E-state index is -0.227. The number of aromatic nitrogens is 4. The van der Waals surface area contributed by atoms with E-state index in [0.717, 1.165) is 11.3 Å². The molecular formula is C13H12N4OS. The lowest BCUT2D eigenvalue weighted by Crippen LogP contribution is -2.08. The number of hydrogen-bond acceptors (Lipinski definition) is 3. The fourth-order valence-electron chi connectivity index (χ4n) is 2.09. The lowest BCUT2D eigenvalue weighted by molar-refractivity contribution is 0.883. The number of nitrogens with zero attached hydrogens (tertiary/aromatic N) is 2. The van der Waals surface area contributed by atoms with Crippen LogP contribution in [0.15, 0.2) is 29.2 Å². The maximum atomic E-state index is 11.8. The molecule has 0 aliphatic rings. The third kappa shape index (κ3) is 1.80. The van der Waals surface area contributed by atoms with Crippen LogP contribution in [0.4, 0.5) is 0 Å². The molecule has 5 nitrogen and oxygen atoms in total. The van der Waals surface area contributed by atoms with E-state index in [0.29, 0.717) is 15.8 Å². The van der Waals surface area contributed by atoms with Gasteiger partial charge in [-0.1, -0.05) is 12.1 Å². The summed E-state index contributed by atoms with van der Waals surface area (Å²) in [6.45, 7) is 4.07. The zero-order valence-corrected chi connectivity index (χ0v) is 11.3. The second-order valence-corrected chi connectivity index (χ2v) is 4.85. The molecule has 0 saturated carbocycles. The Labute approximate surface area is 113 Å². The number of aryl methyl sites for hydroxylation is 1. The quantitative estimate of drug-likeness (QED) is 0.668. The third-order valence-corrected chi connectivity index (χ3v) is 3.48. The maximum absolute atomic E-state index is 11.8. The molecule has 96 valence electrons. The van der Waals surface area contributed by atoms with Gasteiger partial charge in [0, 0.05) is 0 Å². The average molecular weight is 272 g/mol. The number of rotatable bonds is 1. The number of benzene rings is 1. The van der Waals surface area contributed by atoms with Crippen molar-refractivity contribution in [2.24, 2.45) is 0 Å². The third-order valence-electron chi connectivity index (χ3n) is 3.28. The zero-order chi connectivity index (χ0) is 13.6. The molecule has 0 bridgehead atoms. The van der Waals surface area contributed by atoms with Crippen LogP contribution in [0.5, 0.6) is 0 Å². The van der Waals surface area contributed by atoms with E-state index in [1.165, 1.54) is 5.56 Å². The highest BCUT2D eigenvalue weighted by atomic mass is 32.1. The van der Waals surface area contributed by atoms with Crippen LogP contribution in [0.25, 0.3) is 16.7 Å². The summed E-state index contributed by atoms with van der Waals surface area (Å²) in [6, 6.07) is 5.97. The van der Waals surface area contributed by atoms with Gasteiger partial charge in [0.15, 0.2) is 4.77 Å². The smallest absolute Gasteiger partial charge is 0.262 e. The summed E-state index contributed by atoms with van der Waals surface area (Å²) in [4.78, 5) is 17.3. The second kappa shape index (κ2) is 4.17. The number of aromatic amines is 2. The fraction of sp³-hybridized carbons (Fsp3) is 0.154. The van der Waals surface area contributed by atoms with Crippen molar-refractivity contribution in [2.45, 2.75) is 13.8 Å². The molecule has 0 unspecified atom stereocenters. The molecule has 1 aromatic carbocycles. The van der Waals surface area contributed by atoms with Crippen LogP contribution in [0.2, 0.25) is 0 Å². The molecule has 0 fully saturated rings. The van der Waals surface area contributed by atoms with Crippen LogP contribution >= 0.6 is 12.2 Å². The van der Waals surface area contributed by atoms with Crippen LogP contribution in [0.3, 0.4) is 0 Å². The van der Waals surface area contributed by atoms with E-state index < -0.39 is 0 Å². The summed E-state index contributed by atoms with van der Waals surface area (Å²) in [5.41, 5.74) is 3.61. The van der Waals surface area contributed by atoms with E-state index in [1.54, 1.807) is 10.9 Å². The first kappa shape index (κ1) is 11.9. The number of fused-ring (bicyclic) bond motifs is 1. The van der Waals surface area contributed by atoms with Gasteiger partial charge in [-0.05, 0) is 43.3 Å². The van der Waals surface area contributed by atoms with Crippen molar-refractivity contribution in [1.82, 2.24) is 19.7 Å². The largest absolute Gasteiger partial charge is 0.316 e. The predicted molar refractivity (Wildman–Crippen MR) is 76.3 cm³/mol. The van der Waals surface area contributed by atoms with Gasteiger partial charge < -0.3 is 4.98 Å². The Bertz CT molecular complexity index is 888. The average Bonchev–Trinajstić information content (AvgIpc) is 2.76. The van der Waals surface area contributed by atoms with E-state index >= 15 is 0 Å². The van der Waals surface area contributed by atoms with E-state index in [4.69, 9.17) is 12.2 Å².